The molecule has 0 spiro atoms. The number of hydrogen-bond acceptors (Lipinski definition) is 4. The minimum atomic E-state index is -4.36. The smallest absolute Gasteiger partial charge is 0.366 e. The summed E-state index contributed by atoms with van der Waals surface area (Å²) in [5.74, 6) is 0.382. The lowest BCUT2D eigenvalue weighted by Crippen LogP contribution is -2.12. The van der Waals surface area contributed by atoms with E-state index in [1.54, 1.807) is 0 Å². The number of sulfonamides is 1. The van der Waals surface area contributed by atoms with E-state index in [9.17, 15) is 21.6 Å². The zero-order valence-electron chi connectivity index (χ0n) is 11.1. The Morgan fingerprint density at radius 2 is 1.73 bits per heavy atom. The molecule has 0 saturated heterocycles. The largest absolute Gasteiger partial charge is 0.416 e. The topological polar surface area (TPSA) is 85.1 Å². The number of primary sulfonamides is 1. The summed E-state index contributed by atoms with van der Waals surface area (Å²) in [6.45, 7) is 0.250. The van der Waals surface area contributed by atoms with Gasteiger partial charge in [0.2, 0.25) is 10.0 Å². The number of anilines is 1. The van der Waals surface area contributed by atoms with E-state index in [0.29, 0.717) is 11.4 Å². The van der Waals surface area contributed by atoms with Gasteiger partial charge < -0.3 is 5.32 Å². The van der Waals surface area contributed by atoms with Gasteiger partial charge >= 0.3 is 6.18 Å². The van der Waals surface area contributed by atoms with Crippen LogP contribution < -0.4 is 10.5 Å². The molecular formula is C13H12F3N3O2S. The Balaban J connectivity index is 2.01. The predicted octanol–water partition coefficient (Wildman–Crippen LogP) is 2.36. The number of benzene rings is 1. The van der Waals surface area contributed by atoms with Gasteiger partial charge in [0.1, 0.15) is 10.7 Å². The van der Waals surface area contributed by atoms with E-state index < -0.39 is 21.8 Å². The van der Waals surface area contributed by atoms with Crippen LogP contribution in [0.25, 0.3) is 0 Å². The van der Waals surface area contributed by atoms with Crippen LogP contribution in [0.1, 0.15) is 11.1 Å². The maximum absolute atomic E-state index is 12.4. The second kappa shape index (κ2) is 5.93. The number of alkyl halides is 3. The first-order chi connectivity index (χ1) is 10.2. The molecule has 9 heteroatoms. The summed E-state index contributed by atoms with van der Waals surface area (Å²) in [4.78, 5) is 3.75. The molecule has 0 fully saturated rings. The lowest BCUT2D eigenvalue weighted by Gasteiger charge is -2.09. The van der Waals surface area contributed by atoms with E-state index in [4.69, 9.17) is 5.14 Å². The van der Waals surface area contributed by atoms with Crippen molar-refractivity contribution in [3.63, 3.8) is 0 Å². The number of nitrogens with one attached hydrogen (secondary N) is 1. The van der Waals surface area contributed by atoms with Crippen molar-refractivity contribution in [2.75, 3.05) is 5.32 Å². The molecule has 3 N–H and O–H groups in total. The predicted molar refractivity (Wildman–Crippen MR) is 74.4 cm³/mol. The third kappa shape index (κ3) is 4.18. The normalized spacial score (nSPS) is 12.2. The molecular weight excluding hydrogens is 319 g/mol. The molecule has 0 aliphatic carbocycles. The number of aromatic nitrogens is 1. The Morgan fingerprint density at radius 1 is 1.09 bits per heavy atom. The minimum absolute atomic E-state index is 0.118. The first-order valence-electron chi connectivity index (χ1n) is 6.05. The molecule has 2 aromatic rings. The summed E-state index contributed by atoms with van der Waals surface area (Å²) in [5, 5.41) is 7.81. The summed E-state index contributed by atoms with van der Waals surface area (Å²) in [6, 6.07) is 7.41. The molecule has 1 heterocycles. The molecule has 5 nitrogen and oxygen atoms in total. The van der Waals surface area contributed by atoms with Crippen molar-refractivity contribution in [2.24, 2.45) is 5.14 Å². The van der Waals surface area contributed by atoms with Crippen LogP contribution in [0.2, 0.25) is 0 Å². The molecule has 0 unspecified atom stereocenters. The fourth-order valence-electron chi connectivity index (χ4n) is 1.66. The van der Waals surface area contributed by atoms with Crippen molar-refractivity contribution < 1.29 is 21.6 Å². The van der Waals surface area contributed by atoms with Gasteiger partial charge in [0.15, 0.2) is 0 Å². The number of nitrogens with two attached hydrogens (primary N) is 1. The Bertz CT molecular complexity index is 742. The second-order valence-corrected chi connectivity index (χ2v) is 6.03. The van der Waals surface area contributed by atoms with Gasteiger partial charge in [-0.2, -0.15) is 13.2 Å². The van der Waals surface area contributed by atoms with Crippen LogP contribution in [0.4, 0.5) is 19.0 Å². The van der Waals surface area contributed by atoms with Crippen LogP contribution in [-0.4, -0.2) is 13.4 Å². The Hall–Kier alpha value is -2.13. The highest BCUT2D eigenvalue weighted by atomic mass is 32.2. The quantitative estimate of drug-likeness (QED) is 0.901. The van der Waals surface area contributed by atoms with Crippen LogP contribution in [0.15, 0.2) is 47.5 Å². The minimum Gasteiger partial charge on any atom is -0.366 e. The van der Waals surface area contributed by atoms with Gasteiger partial charge in [-0.15, -0.1) is 0 Å². The van der Waals surface area contributed by atoms with Crippen molar-refractivity contribution >= 4 is 15.8 Å². The van der Waals surface area contributed by atoms with Gasteiger partial charge in [-0.3, -0.25) is 0 Å². The van der Waals surface area contributed by atoms with Crippen molar-refractivity contribution in [2.45, 2.75) is 17.6 Å². The van der Waals surface area contributed by atoms with Crippen LogP contribution in [0, 0.1) is 0 Å². The lowest BCUT2D eigenvalue weighted by molar-refractivity contribution is -0.137. The molecule has 118 valence electrons. The number of rotatable bonds is 4. The van der Waals surface area contributed by atoms with Crippen LogP contribution in [-0.2, 0) is 22.7 Å². The lowest BCUT2D eigenvalue weighted by atomic mass is 10.1. The first kappa shape index (κ1) is 16.2. The number of nitrogens with zero attached hydrogens (tertiary/aromatic N) is 1. The maximum atomic E-state index is 12.4. The van der Waals surface area contributed by atoms with Crippen LogP contribution in [0.5, 0.6) is 0 Å². The molecule has 0 radical (unpaired) electrons. The standard InChI is InChI=1S/C13H12F3N3O2S/c14-13(15,16)10-3-1-9(2-4-10)7-18-12-6-5-11(8-19-12)22(17,20)21/h1-6,8H,7H2,(H,18,19)(H2,17,20,21). The van der Waals surface area contributed by atoms with Gasteiger partial charge in [-0.25, -0.2) is 18.5 Å². The summed E-state index contributed by atoms with van der Waals surface area (Å²) in [6.07, 6.45) is -3.26. The number of hydrogen-bond donors (Lipinski definition) is 2. The van der Waals surface area contributed by atoms with Gasteiger partial charge in [-0.1, -0.05) is 12.1 Å². The molecule has 0 bridgehead atoms. The van der Waals surface area contributed by atoms with E-state index in [0.717, 1.165) is 18.3 Å². The second-order valence-electron chi connectivity index (χ2n) is 4.47. The molecule has 0 aliphatic rings. The molecule has 0 atom stereocenters. The highest BCUT2D eigenvalue weighted by Gasteiger charge is 2.29. The first-order valence-corrected chi connectivity index (χ1v) is 7.60. The summed E-state index contributed by atoms with van der Waals surface area (Å²) < 4.78 is 59.4. The fraction of sp³-hybridized carbons (Fsp3) is 0.154. The SMILES string of the molecule is NS(=O)(=O)c1ccc(NCc2ccc(C(F)(F)F)cc2)nc1. The van der Waals surface area contributed by atoms with E-state index in [1.165, 1.54) is 24.3 Å². The summed E-state index contributed by atoms with van der Waals surface area (Å²) >= 11 is 0. The average molecular weight is 331 g/mol. The molecule has 22 heavy (non-hydrogen) atoms. The molecule has 2 rings (SSSR count). The zero-order valence-corrected chi connectivity index (χ0v) is 11.9. The maximum Gasteiger partial charge on any atom is 0.416 e. The third-order valence-corrected chi connectivity index (χ3v) is 3.72. The molecule has 0 aliphatic heterocycles. The summed E-state index contributed by atoms with van der Waals surface area (Å²) in [7, 11) is -3.80. The third-order valence-electron chi connectivity index (χ3n) is 2.82. The molecule has 0 amide bonds. The number of pyridine rings is 1. The Labute approximate surface area is 125 Å². The van der Waals surface area contributed by atoms with Gasteiger partial charge in [0.25, 0.3) is 0 Å². The van der Waals surface area contributed by atoms with Crippen molar-refractivity contribution in [1.82, 2.24) is 4.98 Å². The fourth-order valence-corrected chi connectivity index (χ4v) is 2.11. The van der Waals surface area contributed by atoms with E-state index in [-0.39, 0.29) is 11.4 Å². The van der Waals surface area contributed by atoms with E-state index >= 15 is 0 Å². The molecule has 1 aromatic heterocycles. The van der Waals surface area contributed by atoms with Crippen LogP contribution >= 0.6 is 0 Å². The van der Waals surface area contributed by atoms with Crippen molar-refractivity contribution in [3.8, 4) is 0 Å². The molecule has 0 saturated carbocycles. The zero-order chi connectivity index (χ0) is 16.4. The summed E-state index contributed by atoms with van der Waals surface area (Å²) in [5.41, 5.74) is -0.0859. The average Bonchev–Trinajstić information content (AvgIpc) is 2.44. The molecule has 1 aromatic carbocycles. The van der Waals surface area contributed by atoms with Crippen molar-refractivity contribution in [1.29, 1.82) is 0 Å². The highest BCUT2D eigenvalue weighted by Crippen LogP contribution is 2.29. The monoisotopic (exact) mass is 331 g/mol. The Kier molecular flexibility index (Phi) is 4.38. The highest BCUT2D eigenvalue weighted by molar-refractivity contribution is 7.89. The Morgan fingerprint density at radius 3 is 2.18 bits per heavy atom. The van der Waals surface area contributed by atoms with Crippen molar-refractivity contribution in [3.05, 3.63) is 53.7 Å². The van der Waals surface area contributed by atoms with Gasteiger partial charge in [0.05, 0.1) is 5.56 Å². The van der Waals surface area contributed by atoms with Gasteiger partial charge in [0, 0.05) is 12.7 Å². The van der Waals surface area contributed by atoms with Crippen LogP contribution in [0.3, 0.4) is 0 Å². The van der Waals surface area contributed by atoms with E-state index in [2.05, 4.69) is 10.3 Å². The van der Waals surface area contributed by atoms with Gasteiger partial charge in [-0.05, 0) is 29.8 Å². The van der Waals surface area contributed by atoms with E-state index in [1.807, 2.05) is 0 Å². The number of halogens is 3.